The van der Waals surface area contributed by atoms with Crippen LogP contribution in [0, 0.1) is 12.7 Å². The standard InChI is InChI=1S/C16H15ClFNO2/c1-11-2-4-12(5-3-11)16(20)19-8-9-21-15-7-6-13(18)10-14(15)17/h2-7,10H,8-9H2,1H3,(H,19,20). The van der Waals surface area contributed by atoms with Crippen molar-refractivity contribution >= 4 is 17.5 Å². The molecule has 0 aliphatic heterocycles. The number of carbonyl (C=O) groups excluding carboxylic acids is 1. The molecule has 2 aromatic rings. The molecule has 0 aromatic heterocycles. The van der Waals surface area contributed by atoms with Crippen molar-refractivity contribution in [3.8, 4) is 5.75 Å². The summed E-state index contributed by atoms with van der Waals surface area (Å²) >= 11 is 5.83. The zero-order valence-corrected chi connectivity index (χ0v) is 12.3. The van der Waals surface area contributed by atoms with Crippen molar-refractivity contribution in [2.24, 2.45) is 0 Å². The molecule has 0 heterocycles. The van der Waals surface area contributed by atoms with Crippen LogP contribution in [0.25, 0.3) is 0 Å². The Hall–Kier alpha value is -2.07. The van der Waals surface area contributed by atoms with E-state index in [-0.39, 0.29) is 17.5 Å². The summed E-state index contributed by atoms with van der Waals surface area (Å²) in [6, 6.07) is 11.2. The molecule has 0 atom stereocenters. The van der Waals surface area contributed by atoms with Gasteiger partial charge in [0, 0.05) is 5.56 Å². The van der Waals surface area contributed by atoms with Crippen molar-refractivity contribution < 1.29 is 13.9 Å². The molecule has 2 aromatic carbocycles. The molecule has 0 aliphatic rings. The molecule has 21 heavy (non-hydrogen) atoms. The Balaban J connectivity index is 1.79. The fourth-order valence-corrected chi connectivity index (χ4v) is 1.95. The molecule has 2 rings (SSSR count). The summed E-state index contributed by atoms with van der Waals surface area (Å²) in [5.41, 5.74) is 1.70. The van der Waals surface area contributed by atoms with E-state index in [4.69, 9.17) is 16.3 Å². The van der Waals surface area contributed by atoms with Crippen LogP contribution in [0.5, 0.6) is 5.75 Å². The number of rotatable bonds is 5. The number of benzene rings is 2. The first-order chi connectivity index (χ1) is 10.1. The summed E-state index contributed by atoms with van der Waals surface area (Å²) in [7, 11) is 0. The van der Waals surface area contributed by atoms with Crippen LogP contribution in [0.15, 0.2) is 42.5 Å². The van der Waals surface area contributed by atoms with Crippen LogP contribution in [0.3, 0.4) is 0 Å². The highest BCUT2D eigenvalue weighted by molar-refractivity contribution is 6.32. The van der Waals surface area contributed by atoms with Crippen LogP contribution in [-0.2, 0) is 0 Å². The highest BCUT2D eigenvalue weighted by Crippen LogP contribution is 2.24. The van der Waals surface area contributed by atoms with Crippen LogP contribution in [0.1, 0.15) is 15.9 Å². The van der Waals surface area contributed by atoms with Crippen molar-refractivity contribution in [3.63, 3.8) is 0 Å². The number of ether oxygens (including phenoxy) is 1. The highest BCUT2D eigenvalue weighted by atomic mass is 35.5. The van der Waals surface area contributed by atoms with Gasteiger partial charge in [0.1, 0.15) is 18.2 Å². The average molecular weight is 308 g/mol. The van der Waals surface area contributed by atoms with Gasteiger partial charge in [-0.1, -0.05) is 29.3 Å². The second-order valence-corrected chi connectivity index (χ2v) is 4.95. The fraction of sp³-hybridized carbons (Fsp3) is 0.188. The molecule has 3 nitrogen and oxygen atoms in total. The maximum atomic E-state index is 12.9. The lowest BCUT2D eigenvalue weighted by molar-refractivity contribution is 0.0947. The second-order valence-electron chi connectivity index (χ2n) is 4.55. The van der Waals surface area contributed by atoms with Crippen LogP contribution in [0.2, 0.25) is 5.02 Å². The summed E-state index contributed by atoms with van der Waals surface area (Å²) in [6.07, 6.45) is 0. The average Bonchev–Trinajstić information content (AvgIpc) is 2.46. The highest BCUT2D eigenvalue weighted by Gasteiger charge is 2.05. The number of amides is 1. The predicted molar refractivity (Wildman–Crippen MR) is 80.4 cm³/mol. The largest absolute Gasteiger partial charge is 0.490 e. The van der Waals surface area contributed by atoms with Gasteiger partial charge in [0.05, 0.1) is 11.6 Å². The van der Waals surface area contributed by atoms with Gasteiger partial charge in [-0.25, -0.2) is 4.39 Å². The van der Waals surface area contributed by atoms with Gasteiger partial charge in [-0.3, -0.25) is 4.79 Å². The lowest BCUT2D eigenvalue weighted by Gasteiger charge is -2.09. The molecule has 1 N–H and O–H groups in total. The van der Waals surface area contributed by atoms with Crippen molar-refractivity contribution in [1.82, 2.24) is 5.32 Å². The Kier molecular flexibility index (Phi) is 5.17. The Morgan fingerprint density at radius 1 is 1.24 bits per heavy atom. The Bertz CT molecular complexity index is 629. The van der Waals surface area contributed by atoms with Crippen molar-refractivity contribution in [3.05, 3.63) is 64.4 Å². The number of carbonyl (C=O) groups is 1. The topological polar surface area (TPSA) is 38.3 Å². The Morgan fingerprint density at radius 3 is 2.62 bits per heavy atom. The van der Waals surface area contributed by atoms with E-state index in [2.05, 4.69) is 5.32 Å². The van der Waals surface area contributed by atoms with Gasteiger partial charge < -0.3 is 10.1 Å². The van der Waals surface area contributed by atoms with E-state index in [1.165, 1.54) is 18.2 Å². The van der Waals surface area contributed by atoms with Gasteiger partial charge in [0.25, 0.3) is 5.91 Å². The van der Waals surface area contributed by atoms with Gasteiger partial charge in [-0.2, -0.15) is 0 Å². The van der Waals surface area contributed by atoms with E-state index in [9.17, 15) is 9.18 Å². The fourth-order valence-electron chi connectivity index (χ4n) is 1.72. The SMILES string of the molecule is Cc1ccc(C(=O)NCCOc2ccc(F)cc2Cl)cc1. The maximum absolute atomic E-state index is 12.9. The number of hydrogen-bond acceptors (Lipinski definition) is 2. The zero-order valence-electron chi connectivity index (χ0n) is 11.5. The number of halogens is 2. The molecule has 0 radical (unpaired) electrons. The lowest BCUT2D eigenvalue weighted by atomic mass is 10.1. The van der Waals surface area contributed by atoms with Gasteiger partial charge in [0.15, 0.2) is 0 Å². The Labute approximate surface area is 127 Å². The molecular weight excluding hydrogens is 293 g/mol. The number of nitrogens with one attached hydrogen (secondary N) is 1. The number of aryl methyl sites for hydroxylation is 1. The third kappa shape index (κ3) is 4.46. The minimum absolute atomic E-state index is 0.163. The van der Waals surface area contributed by atoms with Gasteiger partial charge in [-0.05, 0) is 37.3 Å². The quantitative estimate of drug-likeness (QED) is 0.857. The summed E-state index contributed by atoms with van der Waals surface area (Å²) in [5, 5.41) is 2.95. The van der Waals surface area contributed by atoms with Crippen LogP contribution in [0.4, 0.5) is 4.39 Å². The third-order valence-electron chi connectivity index (χ3n) is 2.85. The lowest BCUT2D eigenvalue weighted by Crippen LogP contribution is -2.28. The summed E-state index contributed by atoms with van der Waals surface area (Å²) in [6.45, 7) is 2.55. The van der Waals surface area contributed by atoms with E-state index in [1.54, 1.807) is 12.1 Å². The minimum Gasteiger partial charge on any atom is -0.490 e. The molecule has 0 saturated carbocycles. The molecule has 0 unspecified atom stereocenters. The predicted octanol–water partition coefficient (Wildman–Crippen LogP) is 3.60. The number of hydrogen-bond donors (Lipinski definition) is 1. The van der Waals surface area contributed by atoms with Crippen molar-refractivity contribution in [1.29, 1.82) is 0 Å². The van der Waals surface area contributed by atoms with Gasteiger partial charge >= 0.3 is 0 Å². The first-order valence-corrected chi connectivity index (χ1v) is 6.87. The summed E-state index contributed by atoms with van der Waals surface area (Å²) < 4.78 is 18.2. The molecular formula is C16H15ClFNO2. The van der Waals surface area contributed by atoms with Crippen molar-refractivity contribution in [2.45, 2.75) is 6.92 Å². The van der Waals surface area contributed by atoms with E-state index in [1.807, 2.05) is 19.1 Å². The van der Waals surface area contributed by atoms with E-state index in [0.717, 1.165) is 5.56 Å². The first-order valence-electron chi connectivity index (χ1n) is 6.49. The monoisotopic (exact) mass is 307 g/mol. The Morgan fingerprint density at radius 2 is 1.95 bits per heavy atom. The molecule has 1 amide bonds. The van der Waals surface area contributed by atoms with E-state index >= 15 is 0 Å². The second kappa shape index (κ2) is 7.09. The normalized spacial score (nSPS) is 10.2. The molecule has 110 valence electrons. The van der Waals surface area contributed by atoms with Crippen LogP contribution < -0.4 is 10.1 Å². The molecule has 0 fully saturated rings. The molecule has 0 saturated heterocycles. The summed E-state index contributed by atoms with van der Waals surface area (Å²) in [4.78, 5) is 11.8. The van der Waals surface area contributed by atoms with E-state index < -0.39 is 5.82 Å². The minimum atomic E-state index is -0.417. The first kappa shape index (κ1) is 15.3. The maximum Gasteiger partial charge on any atom is 0.251 e. The zero-order chi connectivity index (χ0) is 15.2. The van der Waals surface area contributed by atoms with Crippen molar-refractivity contribution in [2.75, 3.05) is 13.2 Å². The molecule has 5 heteroatoms. The van der Waals surface area contributed by atoms with Crippen LogP contribution >= 0.6 is 11.6 Å². The smallest absolute Gasteiger partial charge is 0.251 e. The third-order valence-corrected chi connectivity index (χ3v) is 3.15. The van der Waals surface area contributed by atoms with Crippen LogP contribution in [-0.4, -0.2) is 19.1 Å². The molecule has 0 spiro atoms. The van der Waals surface area contributed by atoms with E-state index in [0.29, 0.717) is 17.9 Å². The molecule has 0 bridgehead atoms. The summed E-state index contributed by atoms with van der Waals surface area (Å²) in [5.74, 6) is -0.188. The van der Waals surface area contributed by atoms with Gasteiger partial charge in [-0.15, -0.1) is 0 Å². The van der Waals surface area contributed by atoms with Gasteiger partial charge in [0.2, 0.25) is 0 Å². The molecule has 0 aliphatic carbocycles.